The first-order valence-corrected chi connectivity index (χ1v) is 6.75. The van der Waals surface area contributed by atoms with E-state index in [1.807, 2.05) is 0 Å². The molecule has 0 aliphatic rings. The zero-order valence-electron chi connectivity index (χ0n) is 11.0. The van der Waals surface area contributed by atoms with Gasteiger partial charge in [-0.05, 0) is 44.2 Å². The van der Waals surface area contributed by atoms with E-state index in [-0.39, 0.29) is 5.54 Å². The molecule has 0 unspecified atom stereocenters. The largest absolute Gasteiger partial charge is 0.308 e. The van der Waals surface area contributed by atoms with Crippen LogP contribution < -0.4 is 5.32 Å². The van der Waals surface area contributed by atoms with E-state index in [9.17, 15) is 0 Å². The van der Waals surface area contributed by atoms with Crippen LogP contribution in [0.2, 0.25) is 0 Å². The van der Waals surface area contributed by atoms with Crippen LogP contribution in [0, 0.1) is 5.92 Å². The molecule has 1 heterocycles. The molecule has 2 heteroatoms. The fourth-order valence-electron chi connectivity index (χ4n) is 1.35. The van der Waals surface area contributed by atoms with Gasteiger partial charge in [0, 0.05) is 17.0 Å². The van der Waals surface area contributed by atoms with Crippen LogP contribution in [0.15, 0.2) is 23.1 Å². The van der Waals surface area contributed by atoms with Crippen molar-refractivity contribution in [3.8, 4) is 0 Å². The molecule has 1 aromatic rings. The molecule has 0 saturated heterocycles. The minimum atomic E-state index is 0.184. The predicted molar refractivity (Wildman–Crippen MR) is 74.9 cm³/mol. The maximum Gasteiger partial charge on any atom is 0.0270 e. The number of nitrogens with one attached hydrogen (secondary N) is 1. The van der Waals surface area contributed by atoms with E-state index in [0.717, 1.165) is 6.54 Å². The minimum absolute atomic E-state index is 0.184. The van der Waals surface area contributed by atoms with Gasteiger partial charge in [-0.25, -0.2) is 0 Å². The quantitative estimate of drug-likeness (QED) is 0.828. The Balaban J connectivity index is 2.69. The molecule has 0 fully saturated rings. The van der Waals surface area contributed by atoms with Gasteiger partial charge in [-0.15, -0.1) is 11.3 Å². The Morgan fingerprint density at radius 3 is 2.56 bits per heavy atom. The summed E-state index contributed by atoms with van der Waals surface area (Å²) >= 11 is 1.80. The summed E-state index contributed by atoms with van der Waals surface area (Å²) in [5.74, 6) is 0.594. The molecule has 1 aromatic heterocycles. The zero-order chi connectivity index (χ0) is 12.2. The molecular formula is C14H23NS. The molecule has 0 radical (unpaired) electrons. The van der Waals surface area contributed by atoms with Crippen molar-refractivity contribution >= 4 is 17.4 Å². The predicted octanol–water partition coefficient (Wildman–Crippen LogP) is 4.18. The summed E-state index contributed by atoms with van der Waals surface area (Å²) in [5.41, 5.74) is 1.65. The van der Waals surface area contributed by atoms with Crippen LogP contribution in [-0.4, -0.2) is 12.1 Å². The first-order chi connectivity index (χ1) is 7.38. The van der Waals surface area contributed by atoms with Crippen molar-refractivity contribution in [2.24, 2.45) is 5.92 Å². The Morgan fingerprint density at radius 1 is 1.44 bits per heavy atom. The molecule has 1 rings (SSSR count). The third kappa shape index (κ3) is 4.95. The average molecular weight is 237 g/mol. The highest BCUT2D eigenvalue weighted by Crippen LogP contribution is 2.18. The van der Waals surface area contributed by atoms with Crippen molar-refractivity contribution in [1.82, 2.24) is 5.32 Å². The second-order valence-corrected chi connectivity index (χ2v) is 6.47. The first-order valence-electron chi connectivity index (χ1n) is 5.87. The minimum Gasteiger partial charge on any atom is -0.308 e. The van der Waals surface area contributed by atoms with Gasteiger partial charge in [-0.2, -0.15) is 0 Å². The third-order valence-electron chi connectivity index (χ3n) is 2.44. The summed E-state index contributed by atoms with van der Waals surface area (Å²) < 4.78 is 0. The Hall–Kier alpha value is -0.600. The van der Waals surface area contributed by atoms with Gasteiger partial charge in [0.1, 0.15) is 0 Å². The normalized spacial score (nSPS) is 13.5. The van der Waals surface area contributed by atoms with Crippen LogP contribution in [0.5, 0.6) is 0 Å². The number of hydrogen-bond donors (Lipinski definition) is 1. The monoisotopic (exact) mass is 237 g/mol. The Morgan fingerprint density at radius 2 is 2.12 bits per heavy atom. The van der Waals surface area contributed by atoms with Crippen molar-refractivity contribution < 1.29 is 0 Å². The summed E-state index contributed by atoms with van der Waals surface area (Å²) in [4.78, 5) is 1.35. The van der Waals surface area contributed by atoms with Gasteiger partial charge in [0.2, 0.25) is 0 Å². The lowest BCUT2D eigenvalue weighted by Crippen LogP contribution is -2.37. The molecular weight excluding hydrogens is 214 g/mol. The van der Waals surface area contributed by atoms with E-state index in [0.29, 0.717) is 5.92 Å². The molecule has 0 bridgehead atoms. The standard InChI is InChI=1S/C14H23NS/c1-11(2)12(10-15-14(3,4)5)9-13-7-6-8-16-13/h6-9,11,15H,10H2,1-5H3. The molecule has 0 atom stereocenters. The lowest BCUT2D eigenvalue weighted by atomic mass is 10.0. The number of hydrogen-bond acceptors (Lipinski definition) is 2. The molecule has 0 aliphatic heterocycles. The van der Waals surface area contributed by atoms with Crippen molar-refractivity contribution in [3.63, 3.8) is 0 Å². The molecule has 0 aromatic carbocycles. The lowest BCUT2D eigenvalue weighted by molar-refractivity contribution is 0.437. The Kier molecular flexibility index (Phi) is 4.75. The maximum atomic E-state index is 3.55. The Labute approximate surface area is 104 Å². The van der Waals surface area contributed by atoms with Crippen LogP contribution in [0.4, 0.5) is 0 Å². The van der Waals surface area contributed by atoms with E-state index in [2.05, 4.69) is 63.5 Å². The van der Waals surface area contributed by atoms with Crippen molar-refractivity contribution in [1.29, 1.82) is 0 Å². The van der Waals surface area contributed by atoms with E-state index < -0.39 is 0 Å². The van der Waals surface area contributed by atoms with Crippen LogP contribution in [0.3, 0.4) is 0 Å². The van der Waals surface area contributed by atoms with Crippen molar-refractivity contribution in [3.05, 3.63) is 28.0 Å². The van der Waals surface area contributed by atoms with E-state index in [1.165, 1.54) is 10.5 Å². The average Bonchev–Trinajstić information content (AvgIpc) is 2.62. The SMILES string of the molecule is CC(C)C(=Cc1cccs1)CNC(C)(C)C. The molecule has 1 N–H and O–H groups in total. The zero-order valence-corrected chi connectivity index (χ0v) is 11.8. The number of rotatable bonds is 4. The molecule has 0 amide bonds. The van der Waals surface area contributed by atoms with Gasteiger partial charge in [0.15, 0.2) is 0 Å². The van der Waals surface area contributed by atoms with Crippen LogP contribution in [0.25, 0.3) is 6.08 Å². The van der Waals surface area contributed by atoms with E-state index >= 15 is 0 Å². The van der Waals surface area contributed by atoms with Gasteiger partial charge in [0.05, 0.1) is 0 Å². The second kappa shape index (κ2) is 5.65. The van der Waals surface area contributed by atoms with Gasteiger partial charge >= 0.3 is 0 Å². The van der Waals surface area contributed by atoms with Gasteiger partial charge in [0.25, 0.3) is 0 Å². The fraction of sp³-hybridized carbons (Fsp3) is 0.571. The number of thiophene rings is 1. The smallest absolute Gasteiger partial charge is 0.0270 e. The summed E-state index contributed by atoms with van der Waals surface area (Å²) in [7, 11) is 0. The van der Waals surface area contributed by atoms with Crippen molar-refractivity contribution in [2.45, 2.75) is 40.2 Å². The summed E-state index contributed by atoms with van der Waals surface area (Å²) in [5, 5.41) is 5.68. The molecule has 0 spiro atoms. The molecule has 16 heavy (non-hydrogen) atoms. The van der Waals surface area contributed by atoms with Gasteiger partial charge in [-0.3, -0.25) is 0 Å². The lowest BCUT2D eigenvalue weighted by Gasteiger charge is -2.23. The molecule has 90 valence electrons. The van der Waals surface area contributed by atoms with Crippen LogP contribution >= 0.6 is 11.3 Å². The first kappa shape index (κ1) is 13.5. The highest BCUT2D eigenvalue weighted by atomic mass is 32.1. The summed E-state index contributed by atoms with van der Waals surface area (Å²) in [6.45, 7) is 12.1. The summed E-state index contributed by atoms with van der Waals surface area (Å²) in [6, 6.07) is 4.27. The molecule has 1 nitrogen and oxygen atoms in total. The van der Waals surface area contributed by atoms with Crippen LogP contribution in [-0.2, 0) is 0 Å². The van der Waals surface area contributed by atoms with E-state index in [1.54, 1.807) is 11.3 Å². The maximum absolute atomic E-state index is 3.55. The fourth-order valence-corrected chi connectivity index (χ4v) is 2.04. The summed E-state index contributed by atoms with van der Waals surface area (Å²) in [6.07, 6.45) is 2.31. The highest BCUT2D eigenvalue weighted by Gasteiger charge is 2.11. The topological polar surface area (TPSA) is 12.0 Å². The third-order valence-corrected chi connectivity index (χ3v) is 3.25. The van der Waals surface area contributed by atoms with Gasteiger partial charge < -0.3 is 5.32 Å². The van der Waals surface area contributed by atoms with Crippen LogP contribution in [0.1, 0.15) is 39.5 Å². The highest BCUT2D eigenvalue weighted by molar-refractivity contribution is 7.10. The molecule has 0 aliphatic carbocycles. The second-order valence-electron chi connectivity index (χ2n) is 5.49. The Bertz CT molecular complexity index is 328. The van der Waals surface area contributed by atoms with Gasteiger partial charge in [-0.1, -0.05) is 25.5 Å². The molecule has 0 saturated carbocycles. The van der Waals surface area contributed by atoms with Crippen molar-refractivity contribution in [2.75, 3.05) is 6.54 Å². The van der Waals surface area contributed by atoms with E-state index in [4.69, 9.17) is 0 Å².